The standard InChI is InChI=1S/C6HClF4IN/c7-5-3(12)1-2(8)4(13-5)6(9,10)11/h1H. The van der Waals surface area contributed by atoms with E-state index in [9.17, 15) is 17.6 Å². The molecule has 0 amide bonds. The molecule has 0 aliphatic heterocycles. The summed E-state index contributed by atoms with van der Waals surface area (Å²) in [6.45, 7) is 0. The molecule has 13 heavy (non-hydrogen) atoms. The summed E-state index contributed by atoms with van der Waals surface area (Å²) >= 11 is 6.90. The van der Waals surface area contributed by atoms with Gasteiger partial charge in [0, 0.05) is 0 Å². The van der Waals surface area contributed by atoms with E-state index < -0.39 is 17.7 Å². The molecule has 0 spiro atoms. The van der Waals surface area contributed by atoms with Gasteiger partial charge in [0.1, 0.15) is 5.15 Å². The van der Waals surface area contributed by atoms with E-state index in [0.29, 0.717) is 6.07 Å². The highest BCUT2D eigenvalue weighted by Crippen LogP contribution is 2.31. The minimum Gasteiger partial charge on any atom is -0.227 e. The third-order valence-electron chi connectivity index (χ3n) is 1.16. The number of halogens is 6. The number of rotatable bonds is 0. The zero-order valence-electron chi connectivity index (χ0n) is 5.79. The van der Waals surface area contributed by atoms with Crippen LogP contribution in [-0.4, -0.2) is 4.98 Å². The van der Waals surface area contributed by atoms with Gasteiger partial charge >= 0.3 is 6.18 Å². The molecule has 1 aromatic rings. The van der Waals surface area contributed by atoms with E-state index in [1.807, 2.05) is 0 Å². The number of alkyl halides is 3. The summed E-state index contributed by atoms with van der Waals surface area (Å²) in [5.74, 6) is -1.42. The molecule has 0 unspecified atom stereocenters. The number of pyridine rings is 1. The van der Waals surface area contributed by atoms with Gasteiger partial charge in [-0.1, -0.05) is 11.6 Å². The zero-order chi connectivity index (χ0) is 10.2. The van der Waals surface area contributed by atoms with Crippen LogP contribution in [0.15, 0.2) is 6.07 Å². The molecule has 1 heterocycles. The minimum atomic E-state index is -4.81. The molecule has 0 aliphatic rings. The second-order valence-corrected chi connectivity index (χ2v) is 3.61. The molecule has 1 nitrogen and oxygen atoms in total. The molecule has 0 atom stereocenters. The monoisotopic (exact) mass is 325 g/mol. The molecule has 72 valence electrons. The van der Waals surface area contributed by atoms with E-state index in [1.165, 1.54) is 0 Å². The van der Waals surface area contributed by atoms with Crippen molar-refractivity contribution in [2.24, 2.45) is 0 Å². The molecule has 1 rings (SSSR count). The van der Waals surface area contributed by atoms with E-state index >= 15 is 0 Å². The Balaban J connectivity index is 3.32. The van der Waals surface area contributed by atoms with Crippen LogP contribution >= 0.6 is 34.2 Å². The summed E-state index contributed by atoms with van der Waals surface area (Å²) in [7, 11) is 0. The second kappa shape index (κ2) is 3.56. The van der Waals surface area contributed by atoms with Crippen LogP contribution in [0.4, 0.5) is 17.6 Å². The second-order valence-electron chi connectivity index (χ2n) is 2.09. The smallest absolute Gasteiger partial charge is 0.227 e. The lowest BCUT2D eigenvalue weighted by molar-refractivity contribution is -0.143. The van der Waals surface area contributed by atoms with Crippen LogP contribution in [0.25, 0.3) is 0 Å². The van der Waals surface area contributed by atoms with Crippen molar-refractivity contribution in [3.8, 4) is 0 Å². The normalized spacial score (nSPS) is 11.8. The number of aromatic nitrogens is 1. The number of hydrogen-bond acceptors (Lipinski definition) is 1. The number of nitrogens with zero attached hydrogens (tertiary/aromatic N) is 1. The number of hydrogen-bond donors (Lipinski definition) is 0. The van der Waals surface area contributed by atoms with Crippen LogP contribution in [-0.2, 0) is 6.18 Å². The maximum atomic E-state index is 12.7. The van der Waals surface area contributed by atoms with E-state index in [4.69, 9.17) is 11.6 Å². The van der Waals surface area contributed by atoms with Crippen LogP contribution in [0, 0.1) is 9.39 Å². The summed E-state index contributed by atoms with van der Waals surface area (Å²) in [4.78, 5) is 2.90. The molecule has 0 aliphatic carbocycles. The van der Waals surface area contributed by atoms with Gasteiger partial charge in [0.15, 0.2) is 11.5 Å². The molecule has 0 fully saturated rings. The van der Waals surface area contributed by atoms with Gasteiger partial charge < -0.3 is 0 Å². The fourth-order valence-electron chi connectivity index (χ4n) is 0.643. The first-order chi connectivity index (χ1) is 5.82. The third kappa shape index (κ3) is 2.43. The average Bonchev–Trinajstić information content (AvgIpc) is 1.94. The van der Waals surface area contributed by atoms with Crippen molar-refractivity contribution < 1.29 is 17.6 Å². The quantitative estimate of drug-likeness (QED) is 0.404. The first kappa shape index (κ1) is 11.0. The summed E-state index contributed by atoms with van der Waals surface area (Å²) < 4.78 is 48.8. The van der Waals surface area contributed by atoms with Gasteiger partial charge in [-0.3, -0.25) is 0 Å². The van der Waals surface area contributed by atoms with Gasteiger partial charge in [-0.05, 0) is 28.7 Å². The molecule has 0 radical (unpaired) electrons. The lowest BCUT2D eigenvalue weighted by atomic mass is 10.3. The fraction of sp³-hybridized carbons (Fsp3) is 0.167. The van der Waals surface area contributed by atoms with Crippen molar-refractivity contribution in [3.05, 3.63) is 26.3 Å². The minimum absolute atomic E-state index is 0.143. The van der Waals surface area contributed by atoms with Crippen LogP contribution in [0.2, 0.25) is 5.15 Å². The zero-order valence-corrected chi connectivity index (χ0v) is 8.71. The Kier molecular flexibility index (Phi) is 3.01. The van der Waals surface area contributed by atoms with E-state index in [2.05, 4.69) is 4.98 Å². The van der Waals surface area contributed by atoms with Crippen LogP contribution in [0.1, 0.15) is 5.69 Å². The molecule has 7 heteroatoms. The van der Waals surface area contributed by atoms with Gasteiger partial charge in [-0.2, -0.15) is 13.2 Å². The lowest BCUT2D eigenvalue weighted by Gasteiger charge is -2.07. The largest absolute Gasteiger partial charge is 0.436 e. The fourth-order valence-corrected chi connectivity index (χ4v) is 1.18. The molecular formula is C6HClF4IN. The van der Waals surface area contributed by atoms with Crippen LogP contribution < -0.4 is 0 Å². The van der Waals surface area contributed by atoms with Gasteiger partial charge in [0.25, 0.3) is 0 Å². The first-order valence-electron chi connectivity index (χ1n) is 2.91. The summed E-state index contributed by atoms with van der Waals surface area (Å²) in [6.07, 6.45) is -4.81. The Morgan fingerprint density at radius 3 is 2.38 bits per heavy atom. The van der Waals surface area contributed by atoms with Gasteiger partial charge in [0.05, 0.1) is 3.57 Å². The van der Waals surface area contributed by atoms with E-state index in [-0.39, 0.29) is 8.72 Å². The summed E-state index contributed by atoms with van der Waals surface area (Å²) in [5, 5.41) is -0.352. The van der Waals surface area contributed by atoms with Crippen LogP contribution in [0.3, 0.4) is 0 Å². The molecule has 0 saturated carbocycles. The molecule has 0 saturated heterocycles. The highest BCUT2D eigenvalue weighted by atomic mass is 127. The van der Waals surface area contributed by atoms with Crippen molar-refractivity contribution in [3.63, 3.8) is 0 Å². The SMILES string of the molecule is Fc1cc(I)c(Cl)nc1C(F)(F)F. The maximum Gasteiger partial charge on any atom is 0.436 e. The Morgan fingerprint density at radius 2 is 1.92 bits per heavy atom. The first-order valence-corrected chi connectivity index (χ1v) is 4.37. The van der Waals surface area contributed by atoms with Crippen molar-refractivity contribution in [1.82, 2.24) is 4.98 Å². The molecule has 0 bridgehead atoms. The highest BCUT2D eigenvalue weighted by Gasteiger charge is 2.36. The molecule has 0 aromatic carbocycles. The predicted octanol–water partition coefficient (Wildman–Crippen LogP) is 3.50. The van der Waals surface area contributed by atoms with Gasteiger partial charge in [0.2, 0.25) is 0 Å². The summed E-state index contributed by atoms with van der Waals surface area (Å²) in [5.41, 5.74) is -1.59. The third-order valence-corrected chi connectivity index (χ3v) is 2.58. The van der Waals surface area contributed by atoms with Crippen LogP contribution in [0.5, 0.6) is 0 Å². The maximum absolute atomic E-state index is 12.7. The Bertz CT molecular complexity index is 338. The van der Waals surface area contributed by atoms with Crippen molar-refractivity contribution >= 4 is 34.2 Å². The van der Waals surface area contributed by atoms with E-state index in [0.717, 1.165) is 0 Å². The topological polar surface area (TPSA) is 12.9 Å². The Labute approximate surface area is 89.2 Å². The lowest BCUT2D eigenvalue weighted by Crippen LogP contribution is -2.11. The van der Waals surface area contributed by atoms with E-state index in [1.54, 1.807) is 22.6 Å². The molecule has 0 N–H and O–H groups in total. The predicted molar refractivity (Wildman–Crippen MR) is 46.9 cm³/mol. The highest BCUT2D eigenvalue weighted by molar-refractivity contribution is 14.1. The van der Waals surface area contributed by atoms with Gasteiger partial charge in [-0.25, -0.2) is 9.37 Å². The summed E-state index contributed by atoms with van der Waals surface area (Å²) in [6, 6.07) is 0.693. The Morgan fingerprint density at radius 1 is 1.38 bits per heavy atom. The Hall–Kier alpha value is -0.110. The average molecular weight is 325 g/mol. The van der Waals surface area contributed by atoms with Crippen molar-refractivity contribution in [2.75, 3.05) is 0 Å². The van der Waals surface area contributed by atoms with Crippen molar-refractivity contribution in [1.29, 1.82) is 0 Å². The molecular weight excluding hydrogens is 324 g/mol. The van der Waals surface area contributed by atoms with Gasteiger partial charge in [-0.15, -0.1) is 0 Å². The molecule has 1 aromatic heterocycles. The van der Waals surface area contributed by atoms with Crippen molar-refractivity contribution in [2.45, 2.75) is 6.18 Å².